The van der Waals surface area contributed by atoms with Crippen molar-refractivity contribution < 1.29 is 0 Å². The first-order chi connectivity index (χ1) is 7.16. The van der Waals surface area contributed by atoms with Gasteiger partial charge in [-0.3, -0.25) is 0 Å². The van der Waals surface area contributed by atoms with Crippen LogP contribution in [0.5, 0.6) is 0 Å². The van der Waals surface area contributed by atoms with E-state index in [1.165, 1.54) is 0 Å². The van der Waals surface area contributed by atoms with Crippen LogP contribution in [0.3, 0.4) is 0 Å². The minimum absolute atomic E-state index is 0.282. The van der Waals surface area contributed by atoms with E-state index in [1.54, 1.807) is 0 Å². The lowest BCUT2D eigenvalue weighted by Gasteiger charge is -2.33. The van der Waals surface area contributed by atoms with Crippen LogP contribution in [0.2, 0.25) is 5.02 Å². The van der Waals surface area contributed by atoms with Gasteiger partial charge in [0.1, 0.15) is 0 Å². The second-order valence-corrected chi connectivity index (χ2v) is 5.23. The lowest BCUT2D eigenvalue weighted by molar-refractivity contribution is 0.506. The fourth-order valence-corrected chi connectivity index (χ4v) is 2.62. The largest absolute Gasteiger partial charge is 0.369 e. The average Bonchev–Trinajstić information content (AvgIpc) is 2.22. The van der Waals surface area contributed by atoms with Crippen LogP contribution in [0.25, 0.3) is 0 Å². The summed E-state index contributed by atoms with van der Waals surface area (Å²) < 4.78 is 1.08. The normalized spacial score (nSPS) is 21.8. The number of nitrogens with zero attached hydrogens (tertiary/aromatic N) is 1. The van der Waals surface area contributed by atoms with E-state index in [-0.39, 0.29) is 6.04 Å². The van der Waals surface area contributed by atoms with Gasteiger partial charge in [-0.15, -0.1) is 0 Å². The molecule has 2 nitrogen and oxygen atoms in total. The van der Waals surface area contributed by atoms with Crippen molar-refractivity contribution >= 4 is 33.2 Å². The molecule has 1 atom stereocenters. The molecule has 1 heterocycles. The van der Waals surface area contributed by atoms with E-state index in [4.69, 9.17) is 17.3 Å². The molecule has 1 aliphatic heterocycles. The van der Waals surface area contributed by atoms with Crippen LogP contribution >= 0.6 is 27.5 Å². The summed E-state index contributed by atoms with van der Waals surface area (Å²) in [5, 5.41) is 0.771. The highest BCUT2D eigenvalue weighted by Crippen LogP contribution is 2.30. The van der Waals surface area contributed by atoms with Gasteiger partial charge in [0.2, 0.25) is 0 Å². The van der Waals surface area contributed by atoms with Gasteiger partial charge in [0, 0.05) is 28.6 Å². The van der Waals surface area contributed by atoms with Gasteiger partial charge in [0.15, 0.2) is 0 Å². The summed E-state index contributed by atoms with van der Waals surface area (Å²) in [4.78, 5) is 2.30. The van der Waals surface area contributed by atoms with E-state index < -0.39 is 0 Å². The second-order valence-electron chi connectivity index (χ2n) is 3.94. The molecular weight excluding hydrogens is 275 g/mol. The van der Waals surface area contributed by atoms with Gasteiger partial charge in [0.25, 0.3) is 0 Å². The van der Waals surface area contributed by atoms with E-state index in [0.717, 1.165) is 41.1 Å². The van der Waals surface area contributed by atoms with E-state index in [0.29, 0.717) is 0 Å². The van der Waals surface area contributed by atoms with Crippen molar-refractivity contribution in [2.24, 2.45) is 5.73 Å². The molecule has 4 heteroatoms. The Hall–Kier alpha value is -0.250. The minimum atomic E-state index is 0.282. The van der Waals surface area contributed by atoms with Crippen molar-refractivity contribution in [3.05, 3.63) is 27.7 Å². The van der Waals surface area contributed by atoms with Crippen LogP contribution in [0.1, 0.15) is 12.8 Å². The molecule has 0 aromatic heterocycles. The standard InChI is InChI=1S/C11H14BrClN2/c12-10-4-3-8(13)6-11(10)15-5-1-2-9(14)7-15/h3-4,6,9H,1-2,5,7,14H2. The molecular formula is C11H14BrClN2. The third-order valence-corrected chi connectivity index (χ3v) is 3.61. The maximum absolute atomic E-state index is 5.99. The molecule has 1 fully saturated rings. The molecule has 2 N–H and O–H groups in total. The van der Waals surface area contributed by atoms with Gasteiger partial charge in [-0.2, -0.15) is 0 Å². The van der Waals surface area contributed by atoms with Crippen LogP contribution in [-0.4, -0.2) is 19.1 Å². The Morgan fingerprint density at radius 2 is 2.27 bits per heavy atom. The number of halogens is 2. The fraction of sp³-hybridized carbons (Fsp3) is 0.455. The van der Waals surface area contributed by atoms with Gasteiger partial charge in [-0.05, 0) is 47.0 Å². The predicted molar refractivity (Wildman–Crippen MR) is 68.6 cm³/mol. The SMILES string of the molecule is NC1CCCN(c2cc(Cl)ccc2Br)C1. The van der Waals surface area contributed by atoms with Crippen molar-refractivity contribution in [3.63, 3.8) is 0 Å². The first-order valence-corrected chi connectivity index (χ1v) is 6.29. The van der Waals surface area contributed by atoms with Gasteiger partial charge in [-0.25, -0.2) is 0 Å². The van der Waals surface area contributed by atoms with Crippen molar-refractivity contribution in [1.82, 2.24) is 0 Å². The number of hydrogen-bond acceptors (Lipinski definition) is 2. The second kappa shape index (κ2) is 4.73. The molecule has 0 aliphatic carbocycles. The Morgan fingerprint density at radius 1 is 1.47 bits per heavy atom. The summed E-state index contributed by atoms with van der Waals surface area (Å²) >= 11 is 9.54. The van der Waals surface area contributed by atoms with Gasteiger partial charge >= 0.3 is 0 Å². The molecule has 1 aliphatic rings. The molecule has 15 heavy (non-hydrogen) atoms. The lowest BCUT2D eigenvalue weighted by Crippen LogP contribution is -2.42. The smallest absolute Gasteiger partial charge is 0.0526 e. The summed E-state index contributed by atoms with van der Waals surface area (Å²) in [6, 6.07) is 6.14. The minimum Gasteiger partial charge on any atom is -0.369 e. The number of anilines is 1. The highest BCUT2D eigenvalue weighted by atomic mass is 79.9. The quantitative estimate of drug-likeness (QED) is 0.861. The molecule has 0 spiro atoms. The molecule has 82 valence electrons. The Kier molecular flexibility index (Phi) is 3.54. The van der Waals surface area contributed by atoms with Crippen LogP contribution in [0, 0.1) is 0 Å². The molecule has 0 bridgehead atoms. The average molecular weight is 290 g/mol. The zero-order valence-corrected chi connectivity index (χ0v) is 10.8. The molecule has 2 rings (SSSR count). The van der Waals surface area contributed by atoms with E-state index in [2.05, 4.69) is 20.8 Å². The van der Waals surface area contributed by atoms with E-state index >= 15 is 0 Å². The predicted octanol–water partition coefficient (Wildman–Crippen LogP) is 3.03. The van der Waals surface area contributed by atoms with Gasteiger partial charge in [0.05, 0.1) is 5.69 Å². The topological polar surface area (TPSA) is 29.3 Å². The van der Waals surface area contributed by atoms with E-state index in [1.807, 2.05) is 18.2 Å². The van der Waals surface area contributed by atoms with Crippen LogP contribution < -0.4 is 10.6 Å². The van der Waals surface area contributed by atoms with Gasteiger partial charge < -0.3 is 10.6 Å². The summed E-state index contributed by atoms with van der Waals surface area (Å²) in [7, 11) is 0. The monoisotopic (exact) mass is 288 g/mol. The summed E-state index contributed by atoms with van der Waals surface area (Å²) in [5.74, 6) is 0. The number of hydrogen-bond donors (Lipinski definition) is 1. The number of benzene rings is 1. The molecule has 1 aromatic rings. The highest BCUT2D eigenvalue weighted by Gasteiger charge is 2.18. The Bertz CT molecular complexity index is 356. The lowest BCUT2D eigenvalue weighted by atomic mass is 10.1. The maximum Gasteiger partial charge on any atom is 0.0526 e. The van der Waals surface area contributed by atoms with Crippen molar-refractivity contribution in [3.8, 4) is 0 Å². The molecule has 0 amide bonds. The number of piperidine rings is 1. The highest BCUT2D eigenvalue weighted by molar-refractivity contribution is 9.10. The zero-order chi connectivity index (χ0) is 10.8. The number of nitrogens with two attached hydrogens (primary N) is 1. The molecule has 0 saturated carbocycles. The molecule has 0 radical (unpaired) electrons. The molecule has 1 aromatic carbocycles. The first-order valence-electron chi connectivity index (χ1n) is 5.12. The third-order valence-electron chi connectivity index (χ3n) is 2.71. The Balaban J connectivity index is 2.24. The molecule has 1 unspecified atom stereocenters. The Morgan fingerprint density at radius 3 is 3.00 bits per heavy atom. The summed E-state index contributed by atoms with van der Waals surface area (Å²) in [6.45, 7) is 1.98. The molecule has 1 saturated heterocycles. The van der Waals surface area contributed by atoms with Crippen molar-refractivity contribution in [2.75, 3.05) is 18.0 Å². The van der Waals surface area contributed by atoms with Crippen molar-refractivity contribution in [2.45, 2.75) is 18.9 Å². The van der Waals surface area contributed by atoms with E-state index in [9.17, 15) is 0 Å². The number of rotatable bonds is 1. The maximum atomic E-state index is 5.99. The van der Waals surface area contributed by atoms with Gasteiger partial charge in [-0.1, -0.05) is 11.6 Å². The summed E-state index contributed by atoms with van der Waals surface area (Å²) in [6.07, 6.45) is 2.27. The van der Waals surface area contributed by atoms with Crippen LogP contribution in [0.4, 0.5) is 5.69 Å². The first kappa shape index (κ1) is 11.2. The summed E-state index contributed by atoms with van der Waals surface area (Å²) in [5.41, 5.74) is 7.11. The van der Waals surface area contributed by atoms with Crippen LogP contribution in [0.15, 0.2) is 22.7 Å². The fourth-order valence-electron chi connectivity index (χ4n) is 1.96. The Labute approximate surface area is 104 Å². The third kappa shape index (κ3) is 2.65. The zero-order valence-electron chi connectivity index (χ0n) is 8.42. The van der Waals surface area contributed by atoms with Crippen LogP contribution in [-0.2, 0) is 0 Å². The van der Waals surface area contributed by atoms with Crippen molar-refractivity contribution in [1.29, 1.82) is 0 Å².